The lowest BCUT2D eigenvalue weighted by atomic mass is 10.1. The third kappa shape index (κ3) is 2.97. The number of aryl methyl sites for hydroxylation is 2. The highest BCUT2D eigenvalue weighted by Gasteiger charge is 2.18. The van der Waals surface area contributed by atoms with E-state index >= 15 is 0 Å². The van der Waals surface area contributed by atoms with Crippen molar-refractivity contribution in [2.45, 2.75) is 13.0 Å². The number of carbonyl (C=O) groups is 1. The zero-order valence-electron chi connectivity index (χ0n) is 10.7. The summed E-state index contributed by atoms with van der Waals surface area (Å²) in [4.78, 5) is 12.0. The number of nitrogens with zero attached hydrogens (tertiary/aromatic N) is 2. The molecule has 1 atom stereocenters. The second-order valence-corrected chi connectivity index (χ2v) is 4.37. The Balaban J connectivity index is 2.14. The van der Waals surface area contributed by atoms with Crippen LogP contribution in [0.5, 0.6) is 0 Å². The van der Waals surface area contributed by atoms with Gasteiger partial charge in [0.25, 0.3) is 0 Å². The first-order valence-electron chi connectivity index (χ1n) is 5.78. The molecular weight excluding hydrogens is 247 g/mol. The standard InChI is InChI=1S/C13H15FN4O/c1-8-3-4-10(14)5-11(8)17-13(19)12(15)9-6-16-18(2)7-9/h3-7,12H,15H2,1-2H3,(H,17,19). The second-order valence-electron chi connectivity index (χ2n) is 4.37. The van der Waals surface area contributed by atoms with Gasteiger partial charge in [0.2, 0.25) is 5.91 Å². The van der Waals surface area contributed by atoms with Crippen LogP contribution in [0.25, 0.3) is 0 Å². The minimum absolute atomic E-state index is 0.401. The quantitative estimate of drug-likeness (QED) is 0.880. The SMILES string of the molecule is Cc1ccc(F)cc1NC(=O)C(N)c1cnn(C)c1. The van der Waals surface area contributed by atoms with E-state index in [4.69, 9.17) is 5.73 Å². The van der Waals surface area contributed by atoms with Gasteiger partial charge < -0.3 is 11.1 Å². The molecule has 0 saturated carbocycles. The first-order valence-corrected chi connectivity index (χ1v) is 5.78. The van der Waals surface area contributed by atoms with Crippen LogP contribution in [-0.2, 0) is 11.8 Å². The number of hydrogen-bond acceptors (Lipinski definition) is 3. The number of anilines is 1. The minimum atomic E-state index is -0.837. The maximum Gasteiger partial charge on any atom is 0.246 e. The summed E-state index contributed by atoms with van der Waals surface area (Å²) in [5, 5.41) is 6.57. The molecule has 0 radical (unpaired) electrons. The Labute approximate surface area is 110 Å². The molecule has 1 amide bonds. The molecule has 1 aromatic carbocycles. The van der Waals surface area contributed by atoms with Crippen LogP contribution in [-0.4, -0.2) is 15.7 Å². The highest BCUT2D eigenvalue weighted by Crippen LogP contribution is 2.18. The van der Waals surface area contributed by atoms with Crippen LogP contribution in [0.3, 0.4) is 0 Å². The summed E-state index contributed by atoms with van der Waals surface area (Å²) >= 11 is 0. The van der Waals surface area contributed by atoms with Crippen LogP contribution in [0.2, 0.25) is 0 Å². The minimum Gasteiger partial charge on any atom is -0.324 e. The van der Waals surface area contributed by atoms with Crippen LogP contribution < -0.4 is 11.1 Å². The fraction of sp³-hybridized carbons (Fsp3) is 0.231. The lowest BCUT2D eigenvalue weighted by Gasteiger charge is -2.12. The van der Waals surface area contributed by atoms with Gasteiger partial charge in [0.05, 0.1) is 6.20 Å². The molecule has 6 heteroatoms. The Morgan fingerprint density at radius 3 is 2.89 bits per heavy atom. The average Bonchev–Trinajstić information content (AvgIpc) is 2.79. The largest absolute Gasteiger partial charge is 0.324 e. The molecule has 1 heterocycles. The zero-order valence-corrected chi connectivity index (χ0v) is 10.7. The smallest absolute Gasteiger partial charge is 0.246 e. The second kappa shape index (κ2) is 5.19. The van der Waals surface area contributed by atoms with Gasteiger partial charge in [-0.1, -0.05) is 6.07 Å². The Bertz CT molecular complexity index is 608. The van der Waals surface area contributed by atoms with Crippen molar-refractivity contribution in [1.82, 2.24) is 9.78 Å². The summed E-state index contributed by atoms with van der Waals surface area (Å²) in [6.07, 6.45) is 3.20. The van der Waals surface area contributed by atoms with E-state index < -0.39 is 17.8 Å². The van der Waals surface area contributed by atoms with Gasteiger partial charge in [0, 0.05) is 24.5 Å². The first-order chi connectivity index (χ1) is 8.97. The molecule has 0 aliphatic rings. The number of hydrogen-bond donors (Lipinski definition) is 2. The van der Waals surface area contributed by atoms with Gasteiger partial charge in [-0.15, -0.1) is 0 Å². The van der Waals surface area contributed by atoms with Crippen molar-refractivity contribution in [3.05, 3.63) is 47.5 Å². The Kier molecular flexibility index (Phi) is 3.62. The highest BCUT2D eigenvalue weighted by atomic mass is 19.1. The van der Waals surface area contributed by atoms with Crippen molar-refractivity contribution >= 4 is 11.6 Å². The molecule has 2 rings (SSSR count). The number of nitrogens with one attached hydrogen (secondary N) is 1. The predicted molar refractivity (Wildman–Crippen MR) is 69.9 cm³/mol. The molecule has 0 spiro atoms. The summed E-state index contributed by atoms with van der Waals surface area (Å²) in [5.74, 6) is -0.808. The van der Waals surface area contributed by atoms with E-state index in [0.717, 1.165) is 5.56 Å². The Morgan fingerprint density at radius 2 is 2.26 bits per heavy atom. The van der Waals surface area contributed by atoms with Crippen LogP contribution in [0.1, 0.15) is 17.2 Å². The number of amides is 1. The fourth-order valence-electron chi connectivity index (χ4n) is 1.69. The first kappa shape index (κ1) is 13.2. The Hall–Kier alpha value is -2.21. The molecule has 0 aliphatic heterocycles. The van der Waals surface area contributed by atoms with Gasteiger partial charge in [-0.25, -0.2) is 4.39 Å². The number of nitrogens with two attached hydrogens (primary N) is 1. The molecule has 0 fully saturated rings. The van der Waals surface area contributed by atoms with Gasteiger partial charge in [0.1, 0.15) is 11.9 Å². The van der Waals surface area contributed by atoms with Gasteiger partial charge in [-0.05, 0) is 24.6 Å². The molecule has 1 unspecified atom stereocenters. The number of benzene rings is 1. The molecule has 5 nitrogen and oxygen atoms in total. The van der Waals surface area contributed by atoms with Crippen molar-refractivity contribution in [2.75, 3.05) is 5.32 Å². The van der Waals surface area contributed by atoms with Crippen LogP contribution in [0, 0.1) is 12.7 Å². The summed E-state index contributed by atoms with van der Waals surface area (Å²) in [5.41, 5.74) is 7.63. The van der Waals surface area contributed by atoms with Crippen LogP contribution in [0.4, 0.5) is 10.1 Å². The molecular formula is C13H15FN4O. The van der Waals surface area contributed by atoms with Gasteiger partial charge in [-0.2, -0.15) is 5.10 Å². The van der Waals surface area contributed by atoms with E-state index in [2.05, 4.69) is 10.4 Å². The Morgan fingerprint density at radius 1 is 1.53 bits per heavy atom. The number of halogens is 1. The fourth-order valence-corrected chi connectivity index (χ4v) is 1.69. The maximum absolute atomic E-state index is 13.1. The van der Waals surface area contributed by atoms with Crippen LogP contribution >= 0.6 is 0 Å². The topological polar surface area (TPSA) is 72.9 Å². The average molecular weight is 262 g/mol. The lowest BCUT2D eigenvalue weighted by Crippen LogP contribution is -2.27. The van der Waals surface area contributed by atoms with Gasteiger partial charge in [0.15, 0.2) is 0 Å². The zero-order chi connectivity index (χ0) is 14.0. The van der Waals surface area contributed by atoms with Gasteiger partial charge in [-0.3, -0.25) is 9.48 Å². The summed E-state index contributed by atoms with van der Waals surface area (Å²) in [6.45, 7) is 1.78. The molecule has 0 saturated heterocycles. The van der Waals surface area contributed by atoms with Crippen molar-refractivity contribution in [3.8, 4) is 0 Å². The number of carbonyl (C=O) groups excluding carboxylic acids is 1. The summed E-state index contributed by atoms with van der Waals surface area (Å²) in [6, 6.07) is 3.37. The number of rotatable bonds is 3. The summed E-state index contributed by atoms with van der Waals surface area (Å²) in [7, 11) is 1.74. The summed E-state index contributed by atoms with van der Waals surface area (Å²) < 4.78 is 14.7. The third-order valence-corrected chi connectivity index (χ3v) is 2.82. The van der Waals surface area contributed by atoms with E-state index in [1.54, 1.807) is 30.9 Å². The molecule has 19 heavy (non-hydrogen) atoms. The van der Waals surface area contributed by atoms with E-state index in [-0.39, 0.29) is 0 Å². The number of aromatic nitrogens is 2. The molecule has 2 aromatic rings. The van der Waals surface area contributed by atoms with Crippen molar-refractivity contribution in [3.63, 3.8) is 0 Å². The lowest BCUT2D eigenvalue weighted by molar-refractivity contribution is -0.117. The van der Waals surface area contributed by atoms with E-state index in [9.17, 15) is 9.18 Å². The molecule has 0 aliphatic carbocycles. The van der Waals surface area contributed by atoms with E-state index in [1.807, 2.05) is 0 Å². The molecule has 3 N–H and O–H groups in total. The third-order valence-electron chi connectivity index (χ3n) is 2.82. The monoisotopic (exact) mass is 262 g/mol. The predicted octanol–water partition coefficient (Wildman–Crippen LogP) is 1.51. The van der Waals surface area contributed by atoms with Crippen molar-refractivity contribution < 1.29 is 9.18 Å². The van der Waals surface area contributed by atoms with Gasteiger partial charge >= 0.3 is 0 Å². The normalized spacial score (nSPS) is 12.2. The molecule has 100 valence electrons. The van der Waals surface area contributed by atoms with Crippen molar-refractivity contribution in [2.24, 2.45) is 12.8 Å². The maximum atomic E-state index is 13.1. The van der Waals surface area contributed by atoms with E-state index in [1.165, 1.54) is 18.3 Å². The van der Waals surface area contributed by atoms with Crippen LogP contribution in [0.15, 0.2) is 30.6 Å². The highest BCUT2D eigenvalue weighted by molar-refractivity contribution is 5.95. The molecule has 0 bridgehead atoms. The van der Waals surface area contributed by atoms with E-state index in [0.29, 0.717) is 11.3 Å². The molecule has 1 aromatic heterocycles. The van der Waals surface area contributed by atoms with Crippen molar-refractivity contribution in [1.29, 1.82) is 0 Å².